The van der Waals surface area contributed by atoms with Gasteiger partial charge >= 0.3 is 0 Å². The van der Waals surface area contributed by atoms with Crippen LogP contribution in [0, 0.1) is 11.3 Å². The Labute approximate surface area is 105 Å². The first-order chi connectivity index (χ1) is 8.65. The molecule has 0 bridgehead atoms. The summed E-state index contributed by atoms with van der Waals surface area (Å²) in [7, 11) is 1.85. The molecule has 18 heavy (non-hydrogen) atoms. The monoisotopic (exact) mass is 242 g/mol. The third kappa shape index (κ3) is 2.11. The zero-order chi connectivity index (χ0) is 13.1. The minimum Gasteiger partial charge on any atom is -0.395 e. The zero-order valence-corrected chi connectivity index (χ0v) is 10.3. The molecule has 2 aromatic heterocycles. The third-order valence-corrected chi connectivity index (χ3v) is 2.60. The molecule has 0 saturated carbocycles. The molecular weight excluding hydrogens is 228 g/mol. The first-order valence-electron chi connectivity index (χ1n) is 5.59. The van der Waals surface area contributed by atoms with Crippen LogP contribution in [0.2, 0.25) is 0 Å². The van der Waals surface area contributed by atoms with Crippen LogP contribution in [0.1, 0.15) is 18.2 Å². The smallest absolute Gasteiger partial charge is 0.155 e. The van der Waals surface area contributed by atoms with Crippen LogP contribution in [-0.2, 0) is 13.5 Å². The number of anilines is 3. The molecular formula is C12H14N6. The van der Waals surface area contributed by atoms with Gasteiger partial charge in [0.05, 0.1) is 22.6 Å². The number of nitrogens with one attached hydrogen (secondary N) is 1. The number of aryl methyl sites for hydroxylation is 2. The van der Waals surface area contributed by atoms with Gasteiger partial charge in [0, 0.05) is 19.4 Å². The molecule has 2 rings (SSSR count). The van der Waals surface area contributed by atoms with E-state index in [-0.39, 0.29) is 0 Å². The van der Waals surface area contributed by atoms with Crippen LogP contribution in [0.15, 0.2) is 18.5 Å². The molecule has 3 N–H and O–H groups in total. The Kier molecular flexibility index (Phi) is 3.15. The van der Waals surface area contributed by atoms with Crippen molar-refractivity contribution in [3.8, 4) is 6.07 Å². The number of nitrogens with two attached hydrogens (primary N) is 1. The largest absolute Gasteiger partial charge is 0.395 e. The number of nitrogens with zero attached hydrogens (tertiary/aromatic N) is 4. The summed E-state index contributed by atoms with van der Waals surface area (Å²) in [4.78, 5) is 4.14. The van der Waals surface area contributed by atoms with E-state index in [1.807, 2.05) is 26.2 Å². The lowest BCUT2D eigenvalue weighted by Crippen LogP contribution is -2.02. The maximum Gasteiger partial charge on any atom is 0.155 e. The Morgan fingerprint density at radius 1 is 1.56 bits per heavy atom. The summed E-state index contributed by atoms with van der Waals surface area (Å²) < 4.78 is 1.73. The molecule has 0 radical (unpaired) electrons. The molecule has 0 aliphatic rings. The third-order valence-electron chi connectivity index (χ3n) is 2.60. The van der Waals surface area contributed by atoms with E-state index in [2.05, 4.69) is 15.4 Å². The SMILES string of the molecule is CCc1nn(C)cc1Nc1nccc(C#N)c1N. The van der Waals surface area contributed by atoms with Crippen molar-refractivity contribution in [2.24, 2.45) is 7.05 Å². The summed E-state index contributed by atoms with van der Waals surface area (Å²) >= 11 is 0. The van der Waals surface area contributed by atoms with Gasteiger partial charge in [-0.1, -0.05) is 6.92 Å². The van der Waals surface area contributed by atoms with Gasteiger partial charge in [0.1, 0.15) is 6.07 Å². The van der Waals surface area contributed by atoms with Gasteiger partial charge in [-0.2, -0.15) is 10.4 Å². The fourth-order valence-electron chi connectivity index (χ4n) is 1.70. The Morgan fingerprint density at radius 2 is 2.33 bits per heavy atom. The van der Waals surface area contributed by atoms with Crippen molar-refractivity contribution in [1.82, 2.24) is 14.8 Å². The van der Waals surface area contributed by atoms with Crippen LogP contribution in [0.25, 0.3) is 0 Å². The molecule has 0 aromatic carbocycles. The average molecular weight is 242 g/mol. The number of nitrogen functional groups attached to an aromatic ring is 1. The van der Waals surface area contributed by atoms with Crippen molar-refractivity contribution in [3.63, 3.8) is 0 Å². The summed E-state index contributed by atoms with van der Waals surface area (Å²) in [6, 6.07) is 3.62. The maximum absolute atomic E-state index is 8.91. The molecule has 92 valence electrons. The molecule has 0 aliphatic carbocycles. The summed E-state index contributed by atoms with van der Waals surface area (Å²) in [6.45, 7) is 2.02. The van der Waals surface area contributed by atoms with Crippen molar-refractivity contribution in [1.29, 1.82) is 5.26 Å². The fraction of sp³-hybridized carbons (Fsp3) is 0.250. The molecule has 6 heteroatoms. The Hall–Kier alpha value is -2.55. The van der Waals surface area contributed by atoms with Crippen molar-refractivity contribution in [2.75, 3.05) is 11.1 Å². The highest BCUT2D eigenvalue weighted by Gasteiger charge is 2.10. The van der Waals surface area contributed by atoms with Crippen LogP contribution < -0.4 is 11.1 Å². The van der Waals surface area contributed by atoms with E-state index in [9.17, 15) is 0 Å². The van der Waals surface area contributed by atoms with E-state index >= 15 is 0 Å². The molecule has 2 aromatic rings. The van der Waals surface area contributed by atoms with Gasteiger partial charge < -0.3 is 11.1 Å². The van der Waals surface area contributed by atoms with E-state index < -0.39 is 0 Å². The molecule has 0 fully saturated rings. The Bertz CT molecular complexity index is 608. The second-order valence-electron chi connectivity index (χ2n) is 3.87. The average Bonchev–Trinajstić information content (AvgIpc) is 2.72. The van der Waals surface area contributed by atoms with Crippen LogP contribution in [0.5, 0.6) is 0 Å². The van der Waals surface area contributed by atoms with Gasteiger partial charge in [0.15, 0.2) is 5.82 Å². The topological polar surface area (TPSA) is 92.5 Å². The van der Waals surface area contributed by atoms with Gasteiger partial charge in [-0.25, -0.2) is 4.98 Å². The van der Waals surface area contributed by atoms with Gasteiger partial charge in [0.25, 0.3) is 0 Å². The van der Waals surface area contributed by atoms with E-state index in [1.165, 1.54) is 0 Å². The highest BCUT2D eigenvalue weighted by Crippen LogP contribution is 2.25. The Balaban J connectivity index is 2.37. The van der Waals surface area contributed by atoms with Crippen molar-refractivity contribution < 1.29 is 0 Å². The van der Waals surface area contributed by atoms with E-state index in [1.54, 1.807) is 16.9 Å². The molecule has 0 unspecified atom stereocenters. The van der Waals surface area contributed by atoms with E-state index in [0.717, 1.165) is 17.8 Å². The highest BCUT2D eigenvalue weighted by molar-refractivity contribution is 5.74. The summed E-state index contributed by atoms with van der Waals surface area (Å²) in [5.74, 6) is 0.483. The van der Waals surface area contributed by atoms with Crippen LogP contribution in [-0.4, -0.2) is 14.8 Å². The summed E-state index contributed by atoms with van der Waals surface area (Å²) in [6.07, 6.45) is 4.22. The maximum atomic E-state index is 8.91. The second-order valence-corrected chi connectivity index (χ2v) is 3.87. The second kappa shape index (κ2) is 4.75. The molecule has 0 spiro atoms. The molecule has 0 aliphatic heterocycles. The zero-order valence-electron chi connectivity index (χ0n) is 10.3. The summed E-state index contributed by atoms with van der Waals surface area (Å²) in [5.41, 5.74) is 8.42. The molecule has 6 nitrogen and oxygen atoms in total. The van der Waals surface area contributed by atoms with Crippen LogP contribution in [0.4, 0.5) is 17.2 Å². The van der Waals surface area contributed by atoms with Gasteiger partial charge in [-0.05, 0) is 12.5 Å². The molecule has 0 saturated heterocycles. The number of aromatic nitrogens is 3. The quantitative estimate of drug-likeness (QED) is 0.852. The van der Waals surface area contributed by atoms with Crippen molar-refractivity contribution in [2.45, 2.75) is 13.3 Å². The standard InChI is InChI=1S/C12H14N6/c1-3-9-10(7-18(2)17-9)16-12-11(14)8(6-13)4-5-15-12/h4-5,7H,3,14H2,1-2H3,(H,15,16). The number of nitriles is 1. The van der Waals surface area contributed by atoms with Crippen LogP contribution in [0.3, 0.4) is 0 Å². The minimum atomic E-state index is 0.353. The first-order valence-corrected chi connectivity index (χ1v) is 5.59. The predicted molar refractivity (Wildman–Crippen MR) is 69.2 cm³/mol. The lowest BCUT2D eigenvalue weighted by atomic mass is 10.2. The van der Waals surface area contributed by atoms with Crippen molar-refractivity contribution in [3.05, 3.63) is 29.7 Å². The number of hydrogen-bond acceptors (Lipinski definition) is 5. The number of hydrogen-bond donors (Lipinski definition) is 2. The summed E-state index contributed by atoms with van der Waals surface area (Å²) in [5, 5.41) is 16.3. The highest BCUT2D eigenvalue weighted by atomic mass is 15.3. The van der Waals surface area contributed by atoms with Gasteiger partial charge in [-0.15, -0.1) is 0 Å². The van der Waals surface area contributed by atoms with Crippen LogP contribution >= 0.6 is 0 Å². The lowest BCUT2D eigenvalue weighted by Gasteiger charge is -2.08. The minimum absolute atomic E-state index is 0.353. The predicted octanol–water partition coefficient (Wildman–Crippen LogP) is 1.57. The number of rotatable bonds is 3. The van der Waals surface area contributed by atoms with Gasteiger partial charge in [0.2, 0.25) is 0 Å². The van der Waals surface area contributed by atoms with E-state index in [0.29, 0.717) is 17.1 Å². The molecule has 2 heterocycles. The van der Waals surface area contributed by atoms with E-state index in [4.69, 9.17) is 11.0 Å². The Morgan fingerprint density at radius 3 is 3.00 bits per heavy atom. The lowest BCUT2D eigenvalue weighted by molar-refractivity contribution is 0.746. The van der Waals surface area contributed by atoms with Crippen molar-refractivity contribution >= 4 is 17.2 Å². The first kappa shape index (κ1) is 11.9. The normalized spacial score (nSPS) is 10.1. The van der Waals surface area contributed by atoms with Gasteiger partial charge in [-0.3, -0.25) is 4.68 Å². The molecule has 0 atom stereocenters. The number of pyridine rings is 1. The molecule has 0 amide bonds. The fourth-order valence-corrected chi connectivity index (χ4v) is 1.70.